The SMILES string of the molecule is CC(C)(C)c1ccc(S(=O)(=O)Nc2ccc(S(C)(=O)=O)c3cc(-c4cccnc4)nn23)cc1. The maximum atomic E-state index is 13.1. The Morgan fingerprint density at radius 1 is 0.939 bits per heavy atom. The first kappa shape index (κ1) is 22.9. The average Bonchev–Trinajstić information content (AvgIpc) is 3.19. The van der Waals surface area contributed by atoms with E-state index in [1.807, 2.05) is 20.8 Å². The van der Waals surface area contributed by atoms with Crippen LogP contribution in [0.1, 0.15) is 26.3 Å². The fourth-order valence-electron chi connectivity index (χ4n) is 3.43. The summed E-state index contributed by atoms with van der Waals surface area (Å²) in [6, 6.07) is 14.6. The number of anilines is 1. The van der Waals surface area contributed by atoms with E-state index in [2.05, 4.69) is 14.8 Å². The first-order valence-electron chi connectivity index (χ1n) is 10.1. The van der Waals surface area contributed by atoms with E-state index in [0.717, 1.165) is 11.8 Å². The molecular formula is C23H24N4O4S2. The molecule has 0 bridgehead atoms. The van der Waals surface area contributed by atoms with Crippen LogP contribution in [0.15, 0.2) is 76.8 Å². The summed E-state index contributed by atoms with van der Waals surface area (Å²) in [4.78, 5) is 4.21. The normalized spacial score (nSPS) is 12.7. The topological polar surface area (TPSA) is 110 Å². The third-order valence-electron chi connectivity index (χ3n) is 5.21. The molecule has 172 valence electrons. The van der Waals surface area contributed by atoms with Crippen molar-refractivity contribution >= 4 is 31.2 Å². The lowest BCUT2D eigenvalue weighted by Crippen LogP contribution is -2.17. The number of benzene rings is 1. The molecule has 0 unspecified atom stereocenters. The first-order valence-corrected chi connectivity index (χ1v) is 13.5. The van der Waals surface area contributed by atoms with Gasteiger partial charge in [0.2, 0.25) is 0 Å². The van der Waals surface area contributed by atoms with Crippen LogP contribution in [0, 0.1) is 0 Å². The van der Waals surface area contributed by atoms with E-state index in [4.69, 9.17) is 0 Å². The number of nitrogens with zero attached hydrogens (tertiary/aromatic N) is 3. The van der Waals surface area contributed by atoms with E-state index >= 15 is 0 Å². The number of sulfone groups is 1. The Labute approximate surface area is 193 Å². The highest BCUT2D eigenvalue weighted by atomic mass is 32.2. The van der Waals surface area contributed by atoms with Crippen molar-refractivity contribution in [3.8, 4) is 11.3 Å². The van der Waals surface area contributed by atoms with Crippen LogP contribution in [-0.4, -0.2) is 37.7 Å². The van der Waals surface area contributed by atoms with Crippen LogP contribution in [0.4, 0.5) is 5.82 Å². The lowest BCUT2D eigenvalue weighted by Gasteiger charge is -2.19. The zero-order chi connectivity index (χ0) is 24.0. The van der Waals surface area contributed by atoms with Crippen LogP contribution in [0.25, 0.3) is 16.8 Å². The van der Waals surface area contributed by atoms with Gasteiger partial charge in [0.15, 0.2) is 9.84 Å². The third kappa shape index (κ3) is 4.62. The van der Waals surface area contributed by atoms with Gasteiger partial charge in [-0.25, -0.2) is 21.4 Å². The van der Waals surface area contributed by atoms with Crippen molar-refractivity contribution in [1.29, 1.82) is 0 Å². The van der Waals surface area contributed by atoms with Crippen molar-refractivity contribution in [1.82, 2.24) is 14.6 Å². The van der Waals surface area contributed by atoms with Crippen LogP contribution in [-0.2, 0) is 25.3 Å². The second kappa shape index (κ2) is 7.96. The van der Waals surface area contributed by atoms with Crippen LogP contribution in [0.2, 0.25) is 0 Å². The van der Waals surface area contributed by atoms with Gasteiger partial charge in [-0.05, 0) is 53.4 Å². The predicted octanol–water partition coefficient (Wildman–Crippen LogP) is 3.90. The molecule has 0 aliphatic heterocycles. The number of sulfonamides is 1. The monoisotopic (exact) mass is 484 g/mol. The molecule has 8 nitrogen and oxygen atoms in total. The maximum absolute atomic E-state index is 13.1. The van der Waals surface area contributed by atoms with Gasteiger partial charge in [-0.3, -0.25) is 9.71 Å². The summed E-state index contributed by atoms with van der Waals surface area (Å²) in [5.41, 5.74) is 2.30. The third-order valence-corrected chi connectivity index (χ3v) is 7.72. The predicted molar refractivity (Wildman–Crippen MR) is 127 cm³/mol. The van der Waals surface area contributed by atoms with E-state index in [9.17, 15) is 16.8 Å². The standard InChI is InChI=1S/C23H24N4O4S2/c1-23(2,3)17-7-9-18(10-8-17)33(30,31)26-22-12-11-21(32(4,28)29)20-14-19(25-27(20)22)16-6-5-13-24-15-16/h5-15,26H,1-4H3. The summed E-state index contributed by atoms with van der Waals surface area (Å²) in [5.74, 6) is 0.118. The summed E-state index contributed by atoms with van der Waals surface area (Å²) in [6.45, 7) is 6.14. The summed E-state index contributed by atoms with van der Waals surface area (Å²) in [7, 11) is -7.53. The van der Waals surface area contributed by atoms with Gasteiger partial charge in [0.25, 0.3) is 10.0 Å². The van der Waals surface area contributed by atoms with E-state index in [1.165, 1.54) is 16.6 Å². The molecule has 0 saturated carbocycles. The van der Waals surface area contributed by atoms with Gasteiger partial charge in [0, 0.05) is 24.2 Å². The van der Waals surface area contributed by atoms with E-state index in [0.29, 0.717) is 11.3 Å². The molecule has 0 saturated heterocycles. The fourth-order valence-corrected chi connectivity index (χ4v) is 5.31. The van der Waals surface area contributed by atoms with Crippen molar-refractivity contribution in [2.45, 2.75) is 36.0 Å². The van der Waals surface area contributed by atoms with Crippen LogP contribution in [0.5, 0.6) is 0 Å². The Kier molecular flexibility index (Phi) is 5.53. The van der Waals surface area contributed by atoms with Crippen molar-refractivity contribution in [2.75, 3.05) is 11.0 Å². The average molecular weight is 485 g/mol. The van der Waals surface area contributed by atoms with Gasteiger partial charge >= 0.3 is 0 Å². The minimum Gasteiger partial charge on any atom is -0.264 e. The minimum absolute atomic E-state index is 0.0441. The van der Waals surface area contributed by atoms with Gasteiger partial charge in [-0.2, -0.15) is 5.10 Å². The number of rotatable bonds is 5. The molecule has 0 atom stereocenters. The van der Waals surface area contributed by atoms with Crippen LogP contribution >= 0.6 is 0 Å². The highest BCUT2D eigenvalue weighted by molar-refractivity contribution is 7.92. The Bertz CT molecular complexity index is 1540. The molecule has 4 rings (SSSR count). The first-order chi connectivity index (χ1) is 15.4. The fraction of sp³-hybridized carbons (Fsp3) is 0.217. The number of fused-ring (bicyclic) bond motifs is 1. The second-order valence-corrected chi connectivity index (χ2v) is 12.5. The zero-order valence-corrected chi connectivity index (χ0v) is 20.3. The van der Waals surface area contributed by atoms with Gasteiger partial charge in [0.1, 0.15) is 5.82 Å². The Balaban J connectivity index is 1.81. The number of aromatic nitrogens is 3. The molecule has 0 aliphatic carbocycles. The lowest BCUT2D eigenvalue weighted by molar-refractivity contribution is 0.587. The molecule has 0 radical (unpaired) electrons. The highest BCUT2D eigenvalue weighted by Gasteiger charge is 2.22. The Hall–Kier alpha value is -3.24. The summed E-state index contributed by atoms with van der Waals surface area (Å²) >= 11 is 0. The molecule has 10 heteroatoms. The molecule has 0 aliphatic rings. The summed E-state index contributed by atoms with van der Waals surface area (Å²) in [6.07, 6.45) is 4.31. The molecule has 33 heavy (non-hydrogen) atoms. The molecule has 0 fully saturated rings. The van der Waals surface area contributed by atoms with Crippen LogP contribution < -0.4 is 4.72 Å². The number of hydrogen-bond acceptors (Lipinski definition) is 6. The quantitative estimate of drug-likeness (QED) is 0.460. The van der Waals surface area contributed by atoms with Crippen molar-refractivity contribution in [3.63, 3.8) is 0 Å². The number of pyridine rings is 2. The Morgan fingerprint density at radius 2 is 1.64 bits per heavy atom. The van der Waals surface area contributed by atoms with E-state index in [-0.39, 0.29) is 26.5 Å². The van der Waals surface area contributed by atoms with Gasteiger partial charge in [-0.15, -0.1) is 0 Å². The van der Waals surface area contributed by atoms with Crippen molar-refractivity contribution in [3.05, 3.63) is 72.6 Å². The number of nitrogens with one attached hydrogen (secondary N) is 1. The number of hydrogen-bond donors (Lipinski definition) is 1. The van der Waals surface area contributed by atoms with E-state index in [1.54, 1.807) is 54.9 Å². The molecule has 3 aromatic heterocycles. The molecule has 1 aromatic carbocycles. The van der Waals surface area contributed by atoms with Gasteiger partial charge < -0.3 is 0 Å². The van der Waals surface area contributed by atoms with E-state index < -0.39 is 19.9 Å². The van der Waals surface area contributed by atoms with Crippen molar-refractivity contribution in [2.24, 2.45) is 0 Å². The summed E-state index contributed by atoms with van der Waals surface area (Å²) in [5, 5.41) is 4.47. The molecule has 0 amide bonds. The Morgan fingerprint density at radius 3 is 2.21 bits per heavy atom. The molecular weight excluding hydrogens is 460 g/mol. The van der Waals surface area contributed by atoms with Gasteiger partial charge in [-0.1, -0.05) is 32.9 Å². The highest BCUT2D eigenvalue weighted by Crippen LogP contribution is 2.28. The molecule has 3 heterocycles. The molecule has 0 spiro atoms. The smallest absolute Gasteiger partial charge is 0.263 e. The molecule has 4 aromatic rings. The van der Waals surface area contributed by atoms with Crippen LogP contribution in [0.3, 0.4) is 0 Å². The minimum atomic E-state index is -3.94. The van der Waals surface area contributed by atoms with Crippen molar-refractivity contribution < 1.29 is 16.8 Å². The second-order valence-electron chi connectivity index (χ2n) is 8.80. The zero-order valence-electron chi connectivity index (χ0n) is 18.6. The lowest BCUT2D eigenvalue weighted by atomic mass is 9.87. The van der Waals surface area contributed by atoms with Gasteiger partial charge in [0.05, 0.1) is 21.0 Å². The summed E-state index contributed by atoms with van der Waals surface area (Å²) < 4.78 is 54.7. The molecule has 1 N–H and O–H groups in total. The largest absolute Gasteiger partial charge is 0.264 e. The maximum Gasteiger partial charge on any atom is 0.263 e.